The summed E-state index contributed by atoms with van der Waals surface area (Å²) >= 11 is 0. The number of fused-ring (bicyclic) bond motifs is 1. The van der Waals surface area contributed by atoms with Crippen LogP contribution in [0.5, 0.6) is 17.2 Å². The summed E-state index contributed by atoms with van der Waals surface area (Å²) < 4.78 is 5.49. The van der Waals surface area contributed by atoms with Gasteiger partial charge in [-0.2, -0.15) is 0 Å². The second kappa shape index (κ2) is 7.15. The molecule has 0 aliphatic carbocycles. The topological polar surface area (TPSA) is 82.0 Å². The molecule has 0 fully saturated rings. The van der Waals surface area contributed by atoms with Crippen molar-refractivity contribution < 1.29 is 19.7 Å². The summed E-state index contributed by atoms with van der Waals surface area (Å²) in [5, 5.41) is 23.0. The smallest absolute Gasteiger partial charge is 0.262 e. The molecular formula is C22H20N2O4. The zero-order valence-electron chi connectivity index (χ0n) is 15.3. The van der Waals surface area contributed by atoms with Crippen molar-refractivity contribution in [1.29, 1.82) is 0 Å². The Morgan fingerprint density at radius 3 is 2.46 bits per heavy atom. The van der Waals surface area contributed by atoms with Crippen LogP contribution in [0.25, 0.3) is 0 Å². The van der Waals surface area contributed by atoms with Crippen LogP contribution in [0.1, 0.15) is 29.0 Å². The van der Waals surface area contributed by atoms with E-state index in [1.165, 1.54) is 12.1 Å². The van der Waals surface area contributed by atoms with E-state index < -0.39 is 6.17 Å². The summed E-state index contributed by atoms with van der Waals surface area (Å²) in [6.07, 6.45) is -0.549. The Bertz CT molecular complexity index is 1020. The number of rotatable bonds is 4. The molecule has 0 spiro atoms. The number of hydrogen-bond acceptors (Lipinski definition) is 5. The van der Waals surface area contributed by atoms with Crippen molar-refractivity contribution in [3.05, 3.63) is 77.9 Å². The highest BCUT2D eigenvalue weighted by atomic mass is 16.5. The third-order valence-electron chi connectivity index (χ3n) is 4.67. The second-order valence-corrected chi connectivity index (χ2v) is 6.44. The van der Waals surface area contributed by atoms with Crippen LogP contribution >= 0.6 is 0 Å². The Balaban J connectivity index is 1.81. The van der Waals surface area contributed by atoms with Gasteiger partial charge in [-0.1, -0.05) is 18.2 Å². The molecule has 3 aromatic rings. The number of nitrogens with zero attached hydrogens (tertiary/aromatic N) is 1. The molecular weight excluding hydrogens is 356 g/mol. The molecule has 1 aliphatic heterocycles. The molecule has 3 N–H and O–H groups in total. The van der Waals surface area contributed by atoms with Crippen LogP contribution in [-0.4, -0.2) is 22.7 Å². The van der Waals surface area contributed by atoms with E-state index in [2.05, 4.69) is 5.32 Å². The monoisotopic (exact) mass is 376 g/mol. The number of phenols is 2. The number of ether oxygens (including phenoxy) is 1. The first-order chi connectivity index (χ1) is 13.6. The molecule has 0 aromatic heterocycles. The Morgan fingerprint density at radius 2 is 1.75 bits per heavy atom. The van der Waals surface area contributed by atoms with E-state index in [9.17, 15) is 15.0 Å². The molecule has 1 unspecified atom stereocenters. The van der Waals surface area contributed by atoms with Crippen LogP contribution in [0.15, 0.2) is 66.7 Å². The van der Waals surface area contributed by atoms with Crippen molar-refractivity contribution >= 4 is 17.3 Å². The average molecular weight is 376 g/mol. The molecule has 0 radical (unpaired) electrons. The molecule has 4 rings (SSSR count). The van der Waals surface area contributed by atoms with Gasteiger partial charge in [0.15, 0.2) is 11.5 Å². The first-order valence-corrected chi connectivity index (χ1v) is 9.02. The van der Waals surface area contributed by atoms with E-state index in [4.69, 9.17) is 4.74 Å². The highest BCUT2D eigenvalue weighted by Gasteiger charge is 2.34. The fourth-order valence-corrected chi connectivity index (χ4v) is 3.33. The van der Waals surface area contributed by atoms with E-state index in [1.54, 1.807) is 17.0 Å². The molecule has 28 heavy (non-hydrogen) atoms. The number of amides is 1. The molecule has 6 heteroatoms. The van der Waals surface area contributed by atoms with Gasteiger partial charge in [-0.05, 0) is 61.0 Å². The minimum atomic E-state index is -0.549. The molecule has 1 aliphatic rings. The van der Waals surface area contributed by atoms with Crippen molar-refractivity contribution in [1.82, 2.24) is 0 Å². The number of aromatic hydroxyl groups is 2. The number of carbonyl (C=O) groups excluding carboxylic acids is 1. The van der Waals surface area contributed by atoms with Crippen molar-refractivity contribution in [3.63, 3.8) is 0 Å². The fraction of sp³-hybridized carbons (Fsp3) is 0.136. The lowest BCUT2D eigenvalue weighted by molar-refractivity contribution is 0.0975. The number of para-hydroxylation sites is 1. The predicted octanol–water partition coefficient (Wildman–Crippen LogP) is 4.27. The molecule has 142 valence electrons. The highest BCUT2D eigenvalue weighted by molar-refractivity contribution is 6.12. The number of hydrogen-bond donors (Lipinski definition) is 3. The van der Waals surface area contributed by atoms with Crippen molar-refractivity contribution in [2.45, 2.75) is 13.1 Å². The van der Waals surface area contributed by atoms with Gasteiger partial charge in [0.25, 0.3) is 5.91 Å². The predicted molar refractivity (Wildman–Crippen MR) is 107 cm³/mol. The minimum Gasteiger partial charge on any atom is -0.504 e. The summed E-state index contributed by atoms with van der Waals surface area (Å²) in [7, 11) is 0. The van der Waals surface area contributed by atoms with Gasteiger partial charge in [-0.15, -0.1) is 0 Å². The number of phenolic OH excluding ortho intramolecular Hbond substituents is 2. The van der Waals surface area contributed by atoms with Gasteiger partial charge in [-0.25, -0.2) is 0 Å². The quantitative estimate of drug-likeness (QED) is 0.593. The lowest BCUT2D eigenvalue weighted by Crippen LogP contribution is -2.43. The van der Waals surface area contributed by atoms with E-state index in [-0.39, 0.29) is 17.4 Å². The Kier molecular flexibility index (Phi) is 4.53. The summed E-state index contributed by atoms with van der Waals surface area (Å²) in [6.45, 7) is 2.47. The molecule has 6 nitrogen and oxygen atoms in total. The molecule has 0 bridgehead atoms. The molecule has 0 saturated heterocycles. The number of carbonyl (C=O) groups is 1. The van der Waals surface area contributed by atoms with Crippen molar-refractivity contribution in [2.75, 3.05) is 16.8 Å². The third kappa shape index (κ3) is 3.09. The Morgan fingerprint density at radius 1 is 1.00 bits per heavy atom. The third-order valence-corrected chi connectivity index (χ3v) is 4.67. The van der Waals surface area contributed by atoms with E-state index in [0.717, 1.165) is 5.75 Å². The van der Waals surface area contributed by atoms with Crippen LogP contribution in [-0.2, 0) is 0 Å². The molecule has 1 heterocycles. The molecule has 3 aromatic carbocycles. The largest absolute Gasteiger partial charge is 0.504 e. The zero-order valence-corrected chi connectivity index (χ0v) is 15.3. The summed E-state index contributed by atoms with van der Waals surface area (Å²) in [5.41, 5.74) is 2.61. The Hall–Kier alpha value is -3.67. The molecule has 1 atom stereocenters. The maximum atomic E-state index is 13.3. The maximum absolute atomic E-state index is 13.3. The summed E-state index contributed by atoms with van der Waals surface area (Å²) in [5.74, 6) is 0.120. The van der Waals surface area contributed by atoms with Crippen LogP contribution in [0.4, 0.5) is 11.4 Å². The fourth-order valence-electron chi connectivity index (χ4n) is 3.33. The molecule has 0 saturated carbocycles. The van der Waals surface area contributed by atoms with Gasteiger partial charge in [0, 0.05) is 11.4 Å². The lowest BCUT2D eigenvalue weighted by Gasteiger charge is -2.38. The first-order valence-electron chi connectivity index (χ1n) is 9.02. The summed E-state index contributed by atoms with van der Waals surface area (Å²) in [4.78, 5) is 14.9. The van der Waals surface area contributed by atoms with E-state index in [1.807, 2.05) is 49.4 Å². The van der Waals surface area contributed by atoms with Gasteiger partial charge < -0.3 is 20.3 Å². The van der Waals surface area contributed by atoms with Gasteiger partial charge >= 0.3 is 0 Å². The van der Waals surface area contributed by atoms with Crippen molar-refractivity contribution in [3.8, 4) is 17.2 Å². The average Bonchev–Trinajstić information content (AvgIpc) is 2.71. The Labute approximate surface area is 162 Å². The van der Waals surface area contributed by atoms with Gasteiger partial charge in [0.2, 0.25) is 0 Å². The van der Waals surface area contributed by atoms with E-state index >= 15 is 0 Å². The van der Waals surface area contributed by atoms with Gasteiger partial charge in [0.05, 0.1) is 12.2 Å². The van der Waals surface area contributed by atoms with Gasteiger partial charge in [-0.3, -0.25) is 9.69 Å². The SMILES string of the molecule is CCOc1ccc(N2C(=O)c3ccccc3NC2c2ccc(O)c(O)c2)cc1. The maximum Gasteiger partial charge on any atom is 0.262 e. The minimum absolute atomic E-state index is 0.156. The summed E-state index contributed by atoms with van der Waals surface area (Å²) in [6, 6.07) is 19.1. The molecule has 1 amide bonds. The number of nitrogens with one attached hydrogen (secondary N) is 1. The van der Waals surface area contributed by atoms with Crippen LogP contribution < -0.4 is 15.0 Å². The van der Waals surface area contributed by atoms with Crippen LogP contribution in [0.2, 0.25) is 0 Å². The normalized spacial score (nSPS) is 15.7. The zero-order chi connectivity index (χ0) is 19.7. The lowest BCUT2D eigenvalue weighted by atomic mass is 10.0. The number of benzene rings is 3. The standard InChI is InChI=1S/C22H20N2O4/c1-2-28-16-10-8-15(9-11-16)24-21(14-7-12-19(25)20(26)13-14)23-18-6-4-3-5-17(18)22(24)27/h3-13,21,23,25-26H,2H2,1H3. The highest BCUT2D eigenvalue weighted by Crippen LogP contribution is 2.39. The number of anilines is 2. The van der Waals surface area contributed by atoms with E-state index in [0.29, 0.717) is 29.1 Å². The van der Waals surface area contributed by atoms with Crippen LogP contribution in [0, 0.1) is 0 Å². The second-order valence-electron chi connectivity index (χ2n) is 6.44. The van der Waals surface area contributed by atoms with Crippen LogP contribution in [0.3, 0.4) is 0 Å². The van der Waals surface area contributed by atoms with Gasteiger partial charge in [0.1, 0.15) is 11.9 Å². The first kappa shape index (κ1) is 17.7. The van der Waals surface area contributed by atoms with Crippen molar-refractivity contribution in [2.24, 2.45) is 0 Å².